The number of hydrogen-bond acceptors (Lipinski definition) is 1. The molecule has 1 heteroatoms. The average molecular weight is 561 g/mol. The summed E-state index contributed by atoms with van der Waals surface area (Å²) >= 11 is 0. The van der Waals surface area contributed by atoms with Crippen molar-refractivity contribution in [2.75, 3.05) is 0 Å². The highest BCUT2D eigenvalue weighted by Gasteiger charge is 2.17. The average Bonchev–Trinajstić information content (AvgIpc) is 3.46. The highest BCUT2D eigenvalue weighted by Crippen LogP contribution is 2.44. The van der Waals surface area contributed by atoms with Gasteiger partial charge in [0.2, 0.25) is 0 Å². The minimum absolute atomic E-state index is 0.920. The Labute approximate surface area is 255 Å². The van der Waals surface area contributed by atoms with Gasteiger partial charge in [-0.05, 0) is 90.8 Å². The Balaban J connectivity index is 1.23. The first-order valence-corrected chi connectivity index (χ1v) is 15.2. The minimum Gasteiger partial charge on any atom is -0.456 e. The van der Waals surface area contributed by atoms with E-state index in [0.717, 1.165) is 16.6 Å². The summed E-state index contributed by atoms with van der Waals surface area (Å²) in [5.41, 5.74) is 10.5. The number of rotatable bonds is 3. The highest BCUT2D eigenvalue weighted by molar-refractivity contribution is 6.22. The molecule has 0 aliphatic rings. The van der Waals surface area contributed by atoms with Crippen LogP contribution >= 0.6 is 0 Å². The second kappa shape index (κ2) is 9.69. The van der Waals surface area contributed by atoms with Crippen LogP contribution in [0.3, 0.4) is 0 Å². The first-order valence-electron chi connectivity index (χ1n) is 15.2. The van der Waals surface area contributed by atoms with Crippen molar-refractivity contribution < 1.29 is 4.42 Å². The van der Waals surface area contributed by atoms with Crippen LogP contribution in [0, 0.1) is 6.92 Å². The first kappa shape index (κ1) is 24.9. The Kier molecular flexibility index (Phi) is 5.48. The Bertz CT molecular complexity index is 2530. The van der Waals surface area contributed by atoms with Crippen LogP contribution in [0.2, 0.25) is 0 Å². The van der Waals surface area contributed by atoms with Gasteiger partial charge in [-0.15, -0.1) is 0 Å². The standard InChI is InChI=1S/C43H28O/c1-27-15-22-36-37(25-27)42(30-10-3-2-4-11-30)35-14-8-7-13-34(35)41(36)31-18-16-28(17-19-31)32-21-23-39-38(26-32)43-33-12-6-5-9-29(33)20-24-40(43)44-39/h2-26H,1H3. The van der Waals surface area contributed by atoms with E-state index >= 15 is 0 Å². The Morgan fingerprint density at radius 2 is 0.955 bits per heavy atom. The predicted octanol–water partition coefficient (Wildman–Crippen LogP) is 12.4. The molecule has 0 radical (unpaired) electrons. The van der Waals surface area contributed by atoms with Gasteiger partial charge in [0.25, 0.3) is 0 Å². The molecule has 0 saturated carbocycles. The molecule has 0 amide bonds. The number of aryl methyl sites for hydroxylation is 1. The molecule has 0 aliphatic carbocycles. The summed E-state index contributed by atoms with van der Waals surface area (Å²) in [6.45, 7) is 2.18. The largest absolute Gasteiger partial charge is 0.456 e. The van der Waals surface area contributed by atoms with E-state index in [0.29, 0.717) is 0 Å². The second-order valence-corrected chi connectivity index (χ2v) is 11.8. The van der Waals surface area contributed by atoms with Crippen LogP contribution in [0.25, 0.3) is 87.6 Å². The van der Waals surface area contributed by atoms with E-state index in [-0.39, 0.29) is 0 Å². The van der Waals surface area contributed by atoms with E-state index in [9.17, 15) is 0 Å². The molecule has 0 bridgehead atoms. The molecule has 0 N–H and O–H groups in total. The maximum atomic E-state index is 6.26. The van der Waals surface area contributed by atoms with Crippen molar-refractivity contribution in [3.8, 4) is 33.4 Å². The summed E-state index contributed by atoms with van der Waals surface area (Å²) in [6.07, 6.45) is 0. The smallest absolute Gasteiger partial charge is 0.136 e. The van der Waals surface area contributed by atoms with Gasteiger partial charge in [0.15, 0.2) is 0 Å². The van der Waals surface area contributed by atoms with Gasteiger partial charge in [-0.1, -0.05) is 139 Å². The summed E-state index contributed by atoms with van der Waals surface area (Å²) in [6, 6.07) is 54.9. The van der Waals surface area contributed by atoms with E-state index < -0.39 is 0 Å². The lowest BCUT2D eigenvalue weighted by Crippen LogP contribution is -1.91. The van der Waals surface area contributed by atoms with Crippen molar-refractivity contribution >= 4 is 54.3 Å². The van der Waals surface area contributed by atoms with Gasteiger partial charge in [0, 0.05) is 10.8 Å². The van der Waals surface area contributed by atoms with Crippen LogP contribution in [0.4, 0.5) is 0 Å². The third kappa shape index (κ3) is 3.80. The molecule has 9 aromatic rings. The van der Waals surface area contributed by atoms with Crippen molar-refractivity contribution in [1.29, 1.82) is 0 Å². The van der Waals surface area contributed by atoms with Crippen LogP contribution in [0.5, 0.6) is 0 Å². The van der Waals surface area contributed by atoms with Gasteiger partial charge in [-0.25, -0.2) is 0 Å². The zero-order chi connectivity index (χ0) is 29.2. The summed E-state index contributed by atoms with van der Waals surface area (Å²) < 4.78 is 6.26. The third-order valence-electron chi connectivity index (χ3n) is 9.11. The maximum Gasteiger partial charge on any atom is 0.136 e. The summed E-state index contributed by atoms with van der Waals surface area (Å²) in [5.74, 6) is 0. The quantitative estimate of drug-likeness (QED) is 0.196. The first-order chi connectivity index (χ1) is 21.7. The summed E-state index contributed by atoms with van der Waals surface area (Å²) in [7, 11) is 0. The zero-order valence-corrected chi connectivity index (χ0v) is 24.3. The SMILES string of the molecule is Cc1ccc2c(-c3ccc(-c4ccc5oc6ccc7ccccc7c6c5c4)cc3)c3ccccc3c(-c3ccccc3)c2c1. The van der Waals surface area contributed by atoms with Crippen LogP contribution in [-0.2, 0) is 0 Å². The van der Waals surface area contributed by atoms with Gasteiger partial charge < -0.3 is 4.42 Å². The lowest BCUT2D eigenvalue weighted by atomic mass is 9.85. The molecule has 0 atom stereocenters. The summed E-state index contributed by atoms with van der Waals surface area (Å²) in [4.78, 5) is 0. The highest BCUT2D eigenvalue weighted by atomic mass is 16.3. The third-order valence-corrected chi connectivity index (χ3v) is 9.11. The molecule has 44 heavy (non-hydrogen) atoms. The molecule has 0 unspecified atom stereocenters. The van der Waals surface area contributed by atoms with Crippen molar-refractivity contribution in [1.82, 2.24) is 0 Å². The Hall–Kier alpha value is -5.66. The lowest BCUT2D eigenvalue weighted by Gasteiger charge is -2.18. The molecular weight excluding hydrogens is 532 g/mol. The van der Waals surface area contributed by atoms with Crippen molar-refractivity contribution in [2.45, 2.75) is 6.92 Å². The fourth-order valence-electron chi connectivity index (χ4n) is 7.08. The Morgan fingerprint density at radius 3 is 1.75 bits per heavy atom. The van der Waals surface area contributed by atoms with Crippen LogP contribution in [0.1, 0.15) is 5.56 Å². The molecule has 1 nitrogen and oxygen atoms in total. The van der Waals surface area contributed by atoms with Crippen LogP contribution in [0.15, 0.2) is 156 Å². The molecule has 206 valence electrons. The van der Waals surface area contributed by atoms with E-state index in [1.54, 1.807) is 0 Å². The van der Waals surface area contributed by atoms with Crippen LogP contribution in [-0.4, -0.2) is 0 Å². The second-order valence-electron chi connectivity index (χ2n) is 11.8. The molecular formula is C43H28O. The fourth-order valence-corrected chi connectivity index (χ4v) is 7.08. The van der Waals surface area contributed by atoms with E-state index in [1.165, 1.54) is 76.6 Å². The molecule has 1 heterocycles. The number of benzene rings is 8. The topological polar surface area (TPSA) is 13.1 Å². The lowest BCUT2D eigenvalue weighted by molar-refractivity contribution is 0.669. The Morgan fingerprint density at radius 1 is 0.364 bits per heavy atom. The number of fused-ring (bicyclic) bond motifs is 7. The number of furan rings is 1. The fraction of sp³-hybridized carbons (Fsp3) is 0.0233. The molecule has 0 fully saturated rings. The van der Waals surface area contributed by atoms with Gasteiger partial charge in [-0.3, -0.25) is 0 Å². The van der Waals surface area contributed by atoms with Crippen molar-refractivity contribution in [3.63, 3.8) is 0 Å². The normalized spacial score (nSPS) is 11.8. The minimum atomic E-state index is 0.920. The number of hydrogen-bond donors (Lipinski definition) is 0. The molecule has 1 aromatic heterocycles. The van der Waals surface area contributed by atoms with Crippen LogP contribution < -0.4 is 0 Å². The van der Waals surface area contributed by atoms with Crippen molar-refractivity contribution in [3.05, 3.63) is 157 Å². The monoisotopic (exact) mass is 560 g/mol. The van der Waals surface area contributed by atoms with E-state index in [1.807, 2.05) is 0 Å². The van der Waals surface area contributed by atoms with Crippen molar-refractivity contribution in [2.24, 2.45) is 0 Å². The molecule has 9 rings (SSSR count). The zero-order valence-electron chi connectivity index (χ0n) is 24.3. The summed E-state index contributed by atoms with van der Waals surface area (Å²) in [5, 5.41) is 9.91. The molecule has 0 aliphatic heterocycles. The van der Waals surface area contributed by atoms with Gasteiger partial charge in [0.1, 0.15) is 11.2 Å². The van der Waals surface area contributed by atoms with E-state index in [4.69, 9.17) is 4.42 Å². The molecule has 0 saturated heterocycles. The molecule has 0 spiro atoms. The predicted molar refractivity (Wildman–Crippen MR) is 187 cm³/mol. The van der Waals surface area contributed by atoms with E-state index in [2.05, 4.69) is 159 Å². The molecule has 8 aromatic carbocycles. The van der Waals surface area contributed by atoms with Gasteiger partial charge >= 0.3 is 0 Å². The van der Waals surface area contributed by atoms with Gasteiger partial charge in [-0.2, -0.15) is 0 Å². The maximum absolute atomic E-state index is 6.26. The van der Waals surface area contributed by atoms with Gasteiger partial charge in [0.05, 0.1) is 0 Å².